The molecular formula is C13H18N2OS. The Kier molecular flexibility index (Phi) is 2.90. The number of ketones is 1. The van der Waals surface area contributed by atoms with Gasteiger partial charge in [0.15, 0.2) is 10.9 Å². The Morgan fingerprint density at radius 3 is 2.76 bits per heavy atom. The second kappa shape index (κ2) is 4.41. The molecule has 0 saturated carbocycles. The number of rotatable bonds is 1. The topological polar surface area (TPSA) is 33.2 Å². The molecule has 4 heteroatoms. The summed E-state index contributed by atoms with van der Waals surface area (Å²) < 4.78 is 0. The Bertz CT molecular complexity index is 433. The van der Waals surface area contributed by atoms with E-state index in [1.807, 2.05) is 0 Å². The average Bonchev–Trinajstić information content (AvgIpc) is 2.75. The van der Waals surface area contributed by atoms with Crippen LogP contribution >= 0.6 is 11.3 Å². The molecule has 17 heavy (non-hydrogen) atoms. The molecule has 3 rings (SSSR count). The van der Waals surface area contributed by atoms with Crippen molar-refractivity contribution in [3.05, 3.63) is 10.6 Å². The Balaban J connectivity index is 1.82. The van der Waals surface area contributed by atoms with Gasteiger partial charge in [0.05, 0.1) is 0 Å². The molecule has 0 spiro atoms. The van der Waals surface area contributed by atoms with E-state index in [2.05, 4.69) is 16.8 Å². The van der Waals surface area contributed by atoms with Gasteiger partial charge < -0.3 is 4.90 Å². The summed E-state index contributed by atoms with van der Waals surface area (Å²) in [6.45, 7) is 4.51. The lowest BCUT2D eigenvalue weighted by molar-refractivity contribution is 0.0968. The number of carbonyl (C=O) groups is 1. The van der Waals surface area contributed by atoms with Crippen molar-refractivity contribution in [1.82, 2.24) is 4.98 Å². The van der Waals surface area contributed by atoms with Gasteiger partial charge in [-0.2, -0.15) is 0 Å². The number of thiazole rings is 1. The summed E-state index contributed by atoms with van der Waals surface area (Å²) in [6.07, 6.45) is 5.23. The van der Waals surface area contributed by atoms with Gasteiger partial charge in [0.2, 0.25) is 0 Å². The predicted molar refractivity (Wildman–Crippen MR) is 70.0 cm³/mol. The Hall–Kier alpha value is -0.900. The third kappa shape index (κ3) is 2.10. The fourth-order valence-electron chi connectivity index (χ4n) is 2.59. The summed E-state index contributed by atoms with van der Waals surface area (Å²) in [4.78, 5) is 19.9. The first-order chi connectivity index (χ1) is 8.24. The van der Waals surface area contributed by atoms with Crippen molar-refractivity contribution < 1.29 is 4.79 Å². The molecule has 0 unspecified atom stereocenters. The SMILES string of the molecule is CC1CCN(c2nc3c(s2)CCCC3=O)CC1. The number of anilines is 1. The number of hydrogen-bond donors (Lipinski definition) is 0. The first kappa shape index (κ1) is 11.2. The highest BCUT2D eigenvalue weighted by molar-refractivity contribution is 7.16. The van der Waals surface area contributed by atoms with Crippen LogP contribution in [0.5, 0.6) is 0 Å². The van der Waals surface area contributed by atoms with E-state index in [4.69, 9.17) is 0 Å². The van der Waals surface area contributed by atoms with Crippen molar-refractivity contribution in [3.63, 3.8) is 0 Å². The van der Waals surface area contributed by atoms with Crippen molar-refractivity contribution in [1.29, 1.82) is 0 Å². The fourth-order valence-corrected chi connectivity index (χ4v) is 3.76. The second-order valence-corrected chi connectivity index (χ2v) is 6.28. The van der Waals surface area contributed by atoms with Crippen LogP contribution in [0.4, 0.5) is 5.13 Å². The highest BCUT2D eigenvalue weighted by Gasteiger charge is 2.25. The molecule has 0 amide bonds. The van der Waals surface area contributed by atoms with Crippen LogP contribution in [0.3, 0.4) is 0 Å². The molecule has 0 bridgehead atoms. The molecule has 1 saturated heterocycles. The molecule has 3 nitrogen and oxygen atoms in total. The Labute approximate surface area is 106 Å². The van der Waals surface area contributed by atoms with Crippen molar-refractivity contribution in [2.45, 2.75) is 39.0 Å². The second-order valence-electron chi connectivity index (χ2n) is 5.21. The van der Waals surface area contributed by atoms with E-state index in [9.17, 15) is 4.79 Å². The van der Waals surface area contributed by atoms with E-state index >= 15 is 0 Å². The van der Waals surface area contributed by atoms with Gasteiger partial charge in [-0.1, -0.05) is 6.92 Å². The zero-order valence-corrected chi connectivity index (χ0v) is 11.1. The van der Waals surface area contributed by atoms with Gasteiger partial charge in [0.1, 0.15) is 5.69 Å². The number of nitrogens with zero attached hydrogens (tertiary/aromatic N) is 2. The summed E-state index contributed by atoms with van der Waals surface area (Å²) in [6, 6.07) is 0. The molecule has 1 aromatic heterocycles. The van der Waals surface area contributed by atoms with Gasteiger partial charge >= 0.3 is 0 Å². The number of hydrogen-bond acceptors (Lipinski definition) is 4. The molecule has 92 valence electrons. The fraction of sp³-hybridized carbons (Fsp3) is 0.692. The molecular weight excluding hydrogens is 232 g/mol. The lowest BCUT2D eigenvalue weighted by atomic mass is 10.00. The van der Waals surface area contributed by atoms with E-state index in [1.54, 1.807) is 11.3 Å². The maximum absolute atomic E-state index is 11.8. The highest BCUT2D eigenvalue weighted by atomic mass is 32.1. The Morgan fingerprint density at radius 2 is 2.06 bits per heavy atom. The molecule has 1 aromatic rings. The number of Topliss-reactive ketones (excluding diaryl/α,β-unsaturated/α-hetero) is 1. The molecule has 0 atom stereocenters. The van der Waals surface area contributed by atoms with Crippen LogP contribution in [-0.4, -0.2) is 23.9 Å². The minimum Gasteiger partial charge on any atom is -0.348 e. The van der Waals surface area contributed by atoms with Gasteiger partial charge in [0, 0.05) is 24.4 Å². The predicted octanol–water partition coefficient (Wildman–Crippen LogP) is 2.90. The third-order valence-electron chi connectivity index (χ3n) is 3.81. The quantitative estimate of drug-likeness (QED) is 0.768. The smallest absolute Gasteiger partial charge is 0.186 e. The minimum atomic E-state index is 0.249. The van der Waals surface area contributed by atoms with Crippen LogP contribution in [0.25, 0.3) is 0 Å². The molecule has 1 aliphatic heterocycles. The monoisotopic (exact) mass is 250 g/mol. The summed E-state index contributed by atoms with van der Waals surface area (Å²) >= 11 is 1.74. The molecule has 0 N–H and O–H groups in total. The van der Waals surface area contributed by atoms with E-state index in [-0.39, 0.29) is 5.78 Å². The largest absolute Gasteiger partial charge is 0.348 e. The number of aromatic nitrogens is 1. The number of piperidine rings is 1. The molecule has 0 radical (unpaired) electrons. The van der Waals surface area contributed by atoms with Crippen LogP contribution in [0.1, 0.15) is 48.0 Å². The summed E-state index contributed by atoms with van der Waals surface area (Å²) in [5.74, 6) is 1.08. The molecule has 0 aromatic carbocycles. The van der Waals surface area contributed by atoms with Crippen LogP contribution in [-0.2, 0) is 6.42 Å². The normalized spacial score (nSPS) is 21.7. The Morgan fingerprint density at radius 1 is 1.29 bits per heavy atom. The van der Waals surface area contributed by atoms with Crippen LogP contribution in [0, 0.1) is 5.92 Å². The van der Waals surface area contributed by atoms with Gasteiger partial charge in [0.25, 0.3) is 0 Å². The summed E-state index contributed by atoms with van der Waals surface area (Å²) in [5.41, 5.74) is 0.773. The van der Waals surface area contributed by atoms with E-state index in [1.165, 1.54) is 17.7 Å². The van der Waals surface area contributed by atoms with Crippen molar-refractivity contribution in [3.8, 4) is 0 Å². The van der Waals surface area contributed by atoms with Crippen LogP contribution in [0.15, 0.2) is 0 Å². The first-order valence-corrected chi connectivity index (χ1v) is 7.33. The van der Waals surface area contributed by atoms with Crippen LogP contribution < -0.4 is 4.90 Å². The number of fused-ring (bicyclic) bond motifs is 1. The van der Waals surface area contributed by atoms with E-state index in [0.29, 0.717) is 6.42 Å². The molecule has 2 heterocycles. The molecule has 2 aliphatic rings. The van der Waals surface area contributed by atoms with E-state index < -0.39 is 0 Å². The number of aryl methyl sites for hydroxylation is 1. The summed E-state index contributed by atoms with van der Waals surface area (Å²) in [5, 5.41) is 1.08. The van der Waals surface area contributed by atoms with Crippen molar-refractivity contribution >= 4 is 22.3 Å². The highest BCUT2D eigenvalue weighted by Crippen LogP contribution is 2.33. The standard InChI is InChI=1S/C13H18N2OS/c1-9-5-7-15(8-6-9)13-14-12-10(16)3-2-4-11(12)17-13/h9H,2-8H2,1H3. The summed E-state index contributed by atoms with van der Waals surface area (Å²) in [7, 11) is 0. The van der Waals surface area contributed by atoms with Gasteiger partial charge in [-0.15, -0.1) is 11.3 Å². The van der Waals surface area contributed by atoms with Crippen molar-refractivity contribution in [2.24, 2.45) is 5.92 Å². The maximum atomic E-state index is 11.8. The average molecular weight is 250 g/mol. The zero-order chi connectivity index (χ0) is 11.8. The van der Waals surface area contributed by atoms with Crippen LogP contribution in [0.2, 0.25) is 0 Å². The number of carbonyl (C=O) groups excluding carboxylic acids is 1. The van der Waals surface area contributed by atoms with Gasteiger partial charge in [-0.25, -0.2) is 4.98 Å². The first-order valence-electron chi connectivity index (χ1n) is 6.52. The molecule has 1 aliphatic carbocycles. The van der Waals surface area contributed by atoms with E-state index in [0.717, 1.165) is 42.7 Å². The lowest BCUT2D eigenvalue weighted by Gasteiger charge is -2.29. The van der Waals surface area contributed by atoms with Crippen molar-refractivity contribution in [2.75, 3.05) is 18.0 Å². The van der Waals surface area contributed by atoms with Gasteiger partial charge in [-0.05, 0) is 31.6 Å². The minimum absolute atomic E-state index is 0.249. The lowest BCUT2D eigenvalue weighted by Crippen LogP contribution is -2.32. The third-order valence-corrected chi connectivity index (χ3v) is 4.99. The maximum Gasteiger partial charge on any atom is 0.186 e. The zero-order valence-electron chi connectivity index (χ0n) is 10.2. The molecule has 1 fully saturated rings. The van der Waals surface area contributed by atoms with Gasteiger partial charge in [-0.3, -0.25) is 4.79 Å².